The van der Waals surface area contributed by atoms with Crippen LogP contribution >= 0.6 is 12.6 Å². The Balaban J connectivity index is 1.40. The van der Waals surface area contributed by atoms with Crippen LogP contribution in [-0.4, -0.2) is 77.9 Å². The molecule has 0 atom stereocenters. The molecular formula is C17H26N4O5S. The Morgan fingerprint density at radius 2 is 1.52 bits per heavy atom. The van der Waals surface area contributed by atoms with Crippen LogP contribution < -0.4 is 0 Å². The summed E-state index contributed by atoms with van der Waals surface area (Å²) in [4.78, 5) is 23.4. The van der Waals surface area contributed by atoms with E-state index < -0.39 is 0 Å². The van der Waals surface area contributed by atoms with Gasteiger partial charge in [0.05, 0.1) is 58.1 Å². The first-order chi connectivity index (χ1) is 12.9. The number of nitrogens with zero attached hydrogens (tertiary/aromatic N) is 4. The molecule has 27 heavy (non-hydrogen) atoms. The van der Waals surface area contributed by atoms with E-state index >= 15 is 0 Å². The van der Waals surface area contributed by atoms with Crippen molar-refractivity contribution in [2.24, 2.45) is 0 Å². The van der Waals surface area contributed by atoms with E-state index in [-0.39, 0.29) is 23.2 Å². The summed E-state index contributed by atoms with van der Waals surface area (Å²) < 4.78 is 18.0. The Morgan fingerprint density at radius 3 is 2.07 bits per heavy atom. The van der Waals surface area contributed by atoms with Gasteiger partial charge in [-0.1, -0.05) is 5.21 Å². The van der Waals surface area contributed by atoms with Gasteiger partial charge < -0.3 is 14.2 Å². The van der Waals surface area contributed by atoms with Crippen LogP contribution in [0.2, 0.25) is 0 Å². The molecule has 2 rings (SSSR count). The SMILES string of the molecule is CC(C)(S)n1cc(CCOCCOCCOCCN2C(=O)C=CC2=O)nn1. The monoisotopic (exact) mass is 398 g/mol. The van der Waals surface area contributed by atoms with Crippen molar-refractivity contribution in [3.05, 3.63) is 24.0 Å². The second-order valence-electron chi connectivity index (χ2n) is 6.40. The van der Waals surface area contributed by atoms with Gasteiger partial charge in [-0.05, 0) is 13.8 Å². The number of hydrogen-bond acceptors (Lipinski definition) is 8. The quantitative estimate of drug-likeness (QED) is 0.292. The van der Waals surface area contributed by atoms with Crippen molar-refractivity contribution in [2.45, 2.75) is 25.1 Å². The summed E-state index contributed by atoms with van der Waals surface area (Å²) in [6, 6.07) is 0. The fraction of sp³-hybridized carbons (Fsp3) is 0.647. The molecule has 0 saturated carbocycles. The van der Waals surface area contributed by atoms with Gasteiger partial charge in [0.1, 0.15) is 4.87 Å². The number of carbonyl (C=O) groups is 2. The van der Waals surface area contributed by atoms with Crippen LogP contribution in [0.1, 0.15) is 19.5 Å². The average molecular weight is 398 g/mol. The van der Waals surface area contributed by atoms with E-state index in [0.29, 0.717) is 46.1 Å². The van der Waals surface area contributed by atoms with E-state index in [9.17, 15) is 9.59 Å². The number of hydrogen-bond donors (Lipinski definition) is 1. The normalized spacial score (nSPS) is 14.6. The molecule has 1 aromatic heterocycles. The first-order valence-electron chi connectivity index (χ1n) is 8.79. The number of thiol groups is 1. The van der Waals surface area contributed by atoms with Gasteiger partial charge in [-0.3, -0.25) is 14.5 Å². The molecule has 1 aliphatic heterocycles. The van der Waals surface area contributed by atoms with Crippen molar-refractivity contribution in [3.63, 3.8) is 0 Å². The highest BCUT2D eigenvalue weighted by molar-refractivity contribution is 7.81. The summed E-state index contributed by atoms with van der Waals surface area (Å²) >= 11 is 4.43. The van der Waals surface area contributed by atoms with Crippen LogP contribution in [0, 0.1) is 0 Å². The Kier molecular flexibility index (Phi) is 8.42. The van der Waals surface area contributed by atoms with Crippen molar-refractivity contribution in [2.75, 3.05) is 46.2 Å². The first-order valence-corrected chi connectivity index (χ1v) is 9.23. The number of ether oxygens (including phenoxy) is 3. The Morgan fingerprint density at radius 1 is 0.963 bits per heavy atom. The topological polar surface area (TPSA) is 95.8 Å². The molecule has 0 N–H and O–H groups in total. The van der Waals surface area contributed by atoms with E-state index in [1.807, 2.05) is 20.0 Å². The van der Waals surface area contributed by atoms with Crippen molar-refractivity contribution < 1.29 is 23.8 Å². The standard InChI is InChI=1S/C17H26N4O5S/c1-17(2,27)21-13-14(18-19-21)5-7-24-9-11-26-12-10-25-8-6-20-15(22)3-4-16(20)23/h3-4,13,27H,5-12H2,1-2H3. The maximum absolute atomic E-state index is 11.3. The maximum atomic E-state index is 11.3. The third kappa shape index (κ3) is 7.41. The van der Waals surface area contributed by atoms with Crippen LogP contribution in [0.5, 0.6) is 0 Å². The van der Waals surface area contributed by atoms with Gasteiger partial charge in [0.2, 0.25) is 0 Å². The van der Waals surface area contributed by atoms with Crippen LogP contribution in [0.4, 0.5) is 0 Å². The summed E-state index contributed by atoms with van der Waals surface area (Å²) in [6.45, 7) is 6.73. The smallest absolute Gasteiger partial charge is 0.253 e. The molecule has 1 aliphatic rings. The van der Waals surface area contributed by atoms with Crippen LogP contribution in [0.3, 0.4) is 0 Å². The molecule has 0 unspecified atom stereocenters. The predicted molar refractivity (Wildman–Crippen MR) is 100 cm³/mol. The number of aromatic nitrogens is 3. The molecule has 0 bridgehead atoms. The fourth-order valence-electron chi connectivity index (χ4n) is 2.21. The minimum absolute atomic E-state index is 0.253. The van der Waals surface area contributed by atoms with Gasteiger partial charge >= 0.3 is 0 Å². The number of imide groups is 1. The molecule has 0 aromatic carbocycles. The van der Waals surface area contributed by atoms with E-state index in [1.54, 1.807) is 4.68 Å². The lowest BCUT2D eigenvalue weighted by molar-refractivity contribution is -0.137. The Labute approximate surface area is 164 Å². The van der Waals surface area contributed by atoms with E-state index in [0.717, 1.165) is 10.6 Å². The van der Waals surface area contributed by atoms with Crippen molar-refractivity contribution in [1.82, 2.24) is 19.9 Å². The largest absolute Gasteiger partial charge is 0.379 e. The maximum Gasteiger partial charge on any atom is 0.253 e. The third-order valence-corrected chi connectivity index (χ3v) is 3.91. The zero-order valence-corrected chi connectivity index (χ0v) is 16.6. The minimum Gasteiger partial charge on any atom is -0.379 e. The fourth-order valence-corrected chi connectivity index (χ4v) is 2.30. The first kappa shape index (κ1) is 21.5. The summed E-state index contributed by atoms with van der Waals surface area (Å²) in [7, 11) is 0. The second kappa shape index (κ2) is 10.5. The Bertz CT molecular complexity index is 638. The Hall–Kier alpha value is -1.75. The lowest BCUT2D eigenvalue weighted by atomic mass is 10.3. The molecule has 150 valence electrons. The number of amides is 2. The summed E-state index contributed by atoms with van der Waals surface area (Å²) in [5, 5.41) is 8.12. The van der Waals surface area contributed by atoms with Crippen molar-refractivity contribution in [1.29, 1.82) is 0 Å². The van der Waals surface area contributed by atoms with Crippen LogP contribution in [0.15, 0.2) is 18.3 Å². The molecule has 2 heterocycles. The lowest BCUT2D eigenvalue weighted by Gasteiger charge is -2.16. The molecule has 2 amide bonds. The molecule has 0 saturated heterocycles. The van der Waals surface area contributed by atoms with Gasteiger partial charge in [0.25, 0.3) is 11.8 Å². The summed E-state index contributed by atoms with van der Waals surface area (Å²) in [6.07, 6.45) is 5.06. The molecule has 9 nitrogen and oxygen atoms in total. The van der Waals surface area contributed by atoms with E-state index in [2.05, 4.69) is 22.9 Å². The highest BCUT2D eigenvalue weighted by Crippen LogP contribution is 2.17. The lowest BCUT2D eigenvalue weighted by Crippen LogP contribution is -2.33. The van der Waals surface area contributed by atoms with E-state index in [1.165, 1.54) is 12.2 Å². The summed E-state index contributed by atoms with van der Waals surface area (Å²) in [5.41, 5.74) is 0.858. The number of rotatable bonds is 13. The highest BCUT2D eigenvalue weighted by atomic mass is 32.1. The second-order valence-corrected chi connectivity index (χ2v) is 7.49. The van der Waals surface area contributed by atoms with Gasteiger partial charge in [-0.15, -0.1) is 17.7 Å². The zero-order valence-electron chi connectivity index (χ0n) is 15.7. The van der Waals surface area contributed by atoms with Gasteiger partial charge in [-0.25, -0.2) is 4.68 Å². The van der Waals surface area contributed by atoms with Crippen LogP contribution in [-0.2, 0) is 35.1 Å². The van der Waals surface area contributed by atoms with Gasteiger partial charge in [-0.2, -0.15) is 0 Å². The van der Waals surface area contributed by atoms with Gasteiger partial charge in [0.15, 0.2) is 0 Å². The van der Waals surface area contributed by atoms with Crippen LogP contribution in [0.25, 0.3) is 0 Å². The summed E-state index contributed by atoms with van der Waals surface area (Å²) in [5.74, 6) is -0.595. The molecular weight excluding hydrogens is 372 g/mol. The highest BCUT2D eigenvalue weighted by Gasteiger charge is 2.22. The average Bonchev–Trinajstić information content (AvgIpc) is 3.21. The molecule has 0 radical (unpaired) electrons. The zero-order chi connectivity index (χ0) is 19.7. The number of carbonyl (C=O) groups excluding carboxylic acids is 2. The predicted octanol–water partition coefficient (Wildman–Crippen LogP) is 0.418. The molecule has 10 heteroatoms. The third-order valence-electron chi connectivity index (χ3n) is 3.71. The molecule has 0 fully saturated rings. The molecule has 0 spiro atoms. The molecule has 0 aliphatic carbocycles. The van der Waals surface area contributed by atoms with E-state index in [4.69, 9.17) is 14.2 Å². The van der Waals surface area contributed by atoms with Crippen molar-refractivity contribution >= 4 is 24.4 Å². The molecule has 1 aromatic rings. The minimum atomic E-state index is -0.377. The van der Waals surface area contributed by atoms with Crippen molar-refractivity contribution in [3.8, 4) is 0 Å². The van der Waals surface area contributed by atoms with Gasteiger partial charge in [0, 0.05) is 18.6 Å².